The Morgan fingerprint density at radius 3 is 2.56 bits per heavy atom. The summed E-state index contributed by atoms with van der Waals surface area (Å²) in [5, 5.41) is 0.175. The number of hydrogen-bond acceptors (Lipinski definition) is 4. The molecule has 1 unspecified atom stereocenters. The molecule has 0 radical (unpaired) electrons. The normalized spacial score (nSPS) is 12.9. The number of rotatable bonds is 5. The maximum atomic E-state index is 14.3. The topological polar surface area (TPSA) is 76.9 Å². The minimum absolute atomic E-state index is 0.0764. The van der Waals surface area contributed by atoms with E-state index in [1.54, 1.807) is 23.9 Å². The highest BCUT2D eigenvalue weighted by Gasteiger charge is 2.27. The van der Waals surface area contributed by atoms with Gasteiger partial charge in [0.05, 0.1) is 0 Å². The minimum Gasteiger partial charge on any atom is -0.336 e. The number of aryl methyl sites for hydroxylation is 1. The van der Waals surface area contributed by atoms with Crippen LogP contribution in [0.2, 0.25) is 5.15 Å². The number of imidazole rings is 1. The van der Waals surface area contributed by atoms with Crippen molar-refractivity contribution < 1.29 is 12.8 Å². The first-order chi connectivity index (χ1) is 11.9. The monoisotopic (exact) mass is 380 g/mol. The van der Waals surface area contributed by atoms with E-state index in [1.165, 1.54) is 36.5 Å². The quantitative estimate of drug-likeness (QED) is 0.690. The second-order valence-electron chi connectivity index (χ2n) is 5.29. The lowest BCUT2D eigenvalue weighted by Crippen LogP contribution is -2.31. The van der Waals surface area contributed by atoms with Crippen LogP contribution in [0, 0.1) is 5.82 Å². The van der Waals surface area contributed by atoms with Gasteiger partial charge < -0.3 is 4.57 Å². The molecule has 3 rings (SSSR count). The zero-order chi connectivity index (χ0) is 18.0. The van der Waals surface area contributed by atoms with Crippen LogP contribution in [0.5, 0.6) is 0 Å². The highest BCUT2D eigenvalue weighted by atomic mass is 35.5. The Kier molecular flexibility index (Phi) is 4.85. The highest BCUT2D eigenvalue weighted by molar-refractivity contribution is 7.89. The standard InChI is InChI=1S/C16H14ClFN4O2S/c1-22-9-8-19-16(22)15(12-4-2-3-5-13(12)18)21-25(23,24)11-6-7-14(17)20-10-11/h2-10,15,21H,1H3. The van der Waals surface area contributed by atoms with Gasteiger partial charge in [-0.25, -0.2) is 22.8 Å². The second-order valence-corrected chi connectivity index (χ2v) is 7.39. The molecule has 1 aromatic carbocycles. The summed E-state index contributed by atoms with van der Waals surface area (Å²) in [6.45, 7) is 0. The number of nitrogens with one attached hydrogen (secondary N) is 1. The molecule has 0 spiro atoms. The van der Waals surface area contributed by atoms with Gasteiger partial charge in [0, 0.05) is 31.2 Å². The first-order valence-electron chi connectivity index (χ1n) is 7.24. The van der Waals surface area contributed by atoms with E-state index >= 15 is 0 Å². The van der Waals surface area contributed by atoms with Gasteiger partial charge in [-0.2, -0.15) is 4.72 Å². The average Bonchev–Trinajstić information content (AvgIpc) is 3.00. The van der Waals surface area contributed by atoms with E-state index in [1.807, 2.05) is 0 Å². The fourth-order valence-electron chi connectivity index (χ4n) is 2.36. The third kappa shape index (κ3) is 3.71. The van der Waals surface area contributed by atoms with Crippen LogP contribution in [0.15, 0.2) is 59.9 Å². The van der Waals surface area contributed by atoms with Gasteiger partial charge in [0.2, 0.25) is 10.0 Å². The van der Waals surface area contributed by atoms with Gasteiger partial charge >= 0.3 is 0 Å². The average molecular weight is 381 g/mol. The van der Waals surface area contributed by atoms with Crippen molar-refractivity contribution in [1.29, 1.82) is 0 Å². The molecule has 0 saturated carbocycles. The van der Waals surface area contributed by atoms with E-state index in [2.05, 4.69) is 14.7 Å². The van der Waals surface area contributed by atoms with E-state index in [-0.39, 0.29) is 15.6 Å². The number of sulfonamides is 1. The van der Waals surface area contributed by atoms with Crippen LogP contribution in [0.4, 0.5) is 4.39 Å². The molecule has 130 valence electrons. The van der Waals surface area contributed by atoms with Crippen LogP contribution < -0.4 is 4.72 Å². The summed E-state index contributed by atoms with van der Waals surface area (Å²) in [6.07, 6.45) is 4.31. The summed E-state index contributed by atoms with van der Waals surface area (Å²) in [5.74, 6) is -0.178. The van der Waals surface area contributed by atoms with Gasteiger partial charge in [-0.15, -0.1) is 0 Å². The molecular formula is C16H14ClFN4O2S. The van der Waals surface area contributed by atoms with Crippen LogP contribution in [0.1, 0.15) is 17.4 Å². The van der Waals surface area contributed by atoms with Crippen LogP contribution in [-0.2, 0) is 17.1 Å². The molecule has 2 heterocycles. The van der Waals surface area contributed by atoms with E-state index in [0.717, 1.165) is 6.20 Å². The van der Waals surface area contributed by atoms with E-state index in [0.29, 0.717) is 5.82 Å². The number of nitrogens with zero attached hydrogens (tertiary/aromatic N) is 3. The van der Waals surface area contributed by atoms with Gasteiger partial charge in [-0.05, 0) is 18.2 Å². The molecule has 0 saturated heterocycles. The predicted octanol–water partition coefficient (Wildman–Crippen LogP) is 2.68. The molecule has 0 aliphatic carbocycles. The molecule has 25 heavy (non-hydrogen) atoms. The second kappa shape index (κ2) is 6.91. The van der Waals surface area contributed by atoms with Crippen LogP contribution >= 0.6 is 11.6 Å². The summed E-state index contributed by atoms with van der Waals surface area (Å²) >= 11 is 5.70. The first kappa shape index (κ1) is 17.5. The van der Waals surface area contributed by atoms with Crippen molar-refractivity contribution in [1.82, 2.24) is 19.3 Å². The predicted molar refractivity (Wildman–Crippen MR) is 91.0 cm³/mol. The van der Waals surface area contributed by atoms with Gasteiger partial charge in [-0.1, -0.05) is 29.8 Å². The fourth-order valence-corrected chi connectivity index (χ4v) is 3.59. The number of pyridine rings is 1. The smallest absolute Gasteiger partial charge is 0.243 e. The van der Waals surface area contributed by atoms with Crippen molar-refractivity contribution in [3.05, 3.63) is 77.3 Å². The molecule has 3 aromatic rings. The van der Waals surface area contributed by atoms with Gasteiger partial charge in [0.1, 0.15) is 27.7 Å². The lowest BCUT2D eigenvalue weighted by Gasteiger charge is -2.19. The van der Waals surface area contributed by atoms with Crippen molar-refractivity contribution in [2.24, 2.45) is 7.05 Å². The molecule has 1 atom stereocenters. The third-order valence-corrected chi connectivity index (χ3v) is 5.25. The molecule has 0 bridgehead atoms. The minimum atomic E-state index is -3.98. The molecule has 6 nitrogen and oxygen atoms in total. The fraction of sp³-hybridized carbons (Fsp3) is 0.125. The number of aromatic nitrogens is 3. The molecule has 0 aliphatic rings. The van der Waals surface area contributed by atoms with Crippen LogP contribution in [0.25, 0.3) is 0 Å². The molecule has 2 aromatic heterocycles. The summed E-state index contributed by atoms with van der Waals surface area (Å²) in [7, 11) is -2.27. The van der Waals surface area contributed by atoms with Gasteiger partial charge in [0.25, 0.3) is 0 Å². The van der Waals surface area contributed by atoms with Gasteiger partial charge in [-0.3, -0.25) is 0 Å². The number of halogens is 2. The Labute approximate surface area is 149 Å². The third-order valence-electron chi connectivity index (χ3n) is 3.62. The lowest BCUT2D eigenvalue weighted by atomic mass is 10.1. The summed E-state index contributed by atoms with van der Waals surface area (Å²) < 4.78 is 43.8. The molecule has 0 aliphatic heterocycles. The van der Waals surface area contributed by atoms with Crippen molar-refractivity contribution >= 4 is 21.6 Å². The Bertz CT molecular complexity index is 989. The van der Waals surface area contributed by atoms with Crippen molar-refractivity contribution in [3.8, 4) is 0 Å². The summed E-state index contributed by atoms with van der Waals surface area (Å²) in [5.41, 5.74) is 0.169. The van der Waals surface area contributed by atoms with Crippen LogP contribution in [-0.4, -0.2) is 23.0 Å². The lowest BCUT2D eigenvalue weighted by molar-refractivity contribution is 0.544. The SMILES string of the molecule is Cn1ccnc1C(NS(=O)(=O)c1ccc(Cl)nc1)c1ccccc1F. The van der Waals surface area contributed by atoms with E-state index in [4.69, 9.17) is 11.6 Å². The first-order valence-corrected chi connectivity index (χ1v) is 9.10. The molecule has 0 amide bonds. The van der Waals surface area contributed by atoms with Crippen LogP contribution in [0.3, 0.4) is 0 Å². The van der Waals surface area contributed by atoms with E-state index < -0.39 is 21.9 Å². The molecule has 9 heteroatoms. The zero-order valence-electron chi connectivity index (χ0n) is 13.1. The maximum absolute atomic E-state index is 14.3. The Morgan fingerprint density at radius 2 is 1.96 bits per heavy atom. The van der Waals surface area contributed by atoms with Crippen molar-refractivity contribution in [2.45, 2.75) is 10.9 Å². The summed E-state index contributed by atoms with van der Waals surface area (Å²) in [4.78, 5) is 7.86. The Morgan fingerprint density at radius 1 is 1.20 bits per heavy atom. The number of hydrogen-bond donors (Lipinski definition) is 1. The Balaban J connectivity index is 2.06. The largest absolute Gasteiger partial charge is 0.336 e. The Hall–Kier alpha value is -2.29. The molecule has 0 fully saturated rings. The van der Waals surface area contributed by atoms with Crippen molar-refractivity contribution in [3.63, 3.8) is 0 Å². The molecular weight excluding hydrogens is 367 g/mol. The maximum Gasteiger partial charge on any atom is 0.243 e. The van der Waals surface area contributed by atoms with Crippen molar-refractivity contribution in [2.75, 3.05) is 0 Å². The van der Waals surface area contributed by atoms with E-state index in [9.17, 15) is 12.8 Å². The highest BCUT2D eigenvalue weighted by Crippen LogP contribution is 2.25. The zero-order valence-corrected chi connectivity index (χ0v) is 14.7. The van der Waals surface area contributed by atoms with Gasteiger partial charge in [0.15, 0.2) is 0 Å². The summed E-state index contributed by atoms with van der Waals surface area (Å²) in [6, 6.07) is 7.64. The molecule has 1 N–H and O–H groups in total. The number of benzene rings is 1.